The summed E-state index contributed by atoms with van der Waals surface area (Å²) in [5.74, 6) is 0. The highest BCUT2D eigenvalue weighted by atomic mass is 35.5. The molecule has 1 aromatic heterocycles. The fraction of sp³-hybridized carbons (Fsp3) is 0.500. The van der Waals surface area contributed by atoms with E-state index in [0.29, 0.717) is 6.61 Å². The van der Waals surface area contributed by atoms with Gasteiger partial charge >= 0.3 is 0 Å². The standard InChI is InChI=1S/C10H15ClN2O3S/c1-8(7-16-3)13(2)17(14,15)9-4-5-10(11)12-6-9/h4-6,8H,7H2,1-3H3. The number of methoxy groups -OCH3 is 1. The Hall–Kier alpha value is -0.690. The van der Waals surface area contributed by atoms with Crippen molar-refractivity contribution >= 4 is 21.6 Å². The minimum atomic E-state index is -3.54. The van der Waals surface area contributed by atoms with E-state index in [1.165, 1.54) is 36.8 Å². The Morgan fingerprint density at radius 2 is 2.18 bits per heavy atom. The molecule has 0 saturated heterocycles. The summed E-state index contributed by atoms with van der Waals surface area (Å²) in [5, 5.41) is 0.261. The van der Waals surface area contributed by atoms with E-state index >= 15 is 0 Å². The zero-order valence-electron chi connectivity index (χ0n) is 9.92. The van der Waals surface area contributed by atoms with Crippen LogP contribution in [0.15, 0.2) is 23.2 Å². The molecule has 0 aliphatic carbocycles. The van der Waals surface area contributed by atoms with Crippen LogP contribution in [-0.2, 0) is 14.8 Å². The summed E-state index contributed by atoms with van der Waals surface area (Å²) >= 11 is 5.61. The number of ether oxygens (including phenoxy) is 1. The normalized spacial score (nSPS) is 13.9. The molecule has 1 atom stereocenters. The number of hydrogen-bond acceptors (Lipinski definition) is 4. The first-order valence-corrected chi connectivity index (χ1v) is 6.80. The molecule has 1 unspecified atom stereocenters. The minimum absolute atomic E-state index is 0.118. The van der Waals surface area contributed by atoms with Gasteiger partial charge < -0.3 is 4.74 Å². The lowest BCUT2D eigenvalue weighted by Gasteiger charge is -2.23. The van der Waals surface area contributed by atoms with E-state index in [9.17, 15) is 8.42 Å². The van der Waals surface area contributed by atoms with E-state index in [-0.39, 0.29) is 16.1 Å². The van der Waals surface area contributed by atoms with E-state index < -0.39 is 10.0 Å². The van der Waals surface area contributed by atoms with Gasteiger partial charge in [0.25, 0.3) is 0 Å². The molecule has 0 aromatic carbocycles. The van der Waals surface area contributed by atoms with Crippen molar-refractivity contribution in [3.05, 3.63) is 23.5 Å². The number of halogens is 1. The average molecular weight is 279 g/mol. The van der Waals surface area contributed by atoms with Gasteiger partial charge in [-0.05, 0) is 19.1 Å². The van der Waals surface area contributed by atoms with Gasteiger partial charge in [-0.2, -0.15) is 4.31 Å². The average Bonchev–Trinajstić information content (AvgIpc) is 2.29. The quantitative estimate of drug-likeness (QED) is 0.764. The molecule has 0 bridgehead atoms. The lowest BCUT2D eigenvalue weighted by Crippen LogP contribution is -2.37. The summed E-state index contributed by atoms with van der Waals surface area (Å²) in [6.07, 6.45) is 1.24. The zero-order valence-corrected chi connectivity index (χ0v) is 11.5. The summed E-state index contributed by atoms with van der Waals surface area (Å²) < 4.78 is 30.5. The first-order chi connectivity index (χ1) is 7.89. The number of likely N-dealkylation sites (N-methyl/N-ethyl adjacent to an activating group) is 1. The molecule has 5 nitrogen and oxygen atoms in total. The third-order valence-electron chi connectivity index (χ3n) is 2.41. The Labute approximate surface area is 106 Å². The van der Waals surface area contributed by atoms with Crippen molar-refractivity contribution in [1.82, 2.24) is 9.29 Å². The van der Waals surface area contributed by atoms with Crippen molar-refractivity contribution in [2.24, 2.45) is 0 Å². The van der Waals surface area contributed by atoms with E-state index in [1.54, 1.807) is 6.92 Å². The first kappa shape index (κ1) is 14.4. The van der Waals surface area contributed by atoms with Gasteiger partial charge in [0, 0.05) is 26.4 Å². The van der Waals surface area contributed by atoms with E-state index in [0.717, 1.165) is 0 Å². The molecule has 1 heterocycles. The number of pyridine rings is 1. The molecule has 0 amide bonds. The van der Waals surface area contributed by atoms with Crippen LogP contribution in [0.25, 0.3) is 0 Å². The lowest BCUT2D eigenvalue weighted by atomic mass is 10.4. The molecule has 0 aliphatic rings. The summed E-state index contributed by atoms with van der Waals surface area (Å²) in [4.78, 5) is 3.88. The van der Waals surface area contributed by atoms with Crippen LogP contribution in [-0.4, -0.2) is 44.5 Å². The minimum Gasteiger partial charge on any atom is -0.383 e. The van der Waals surface area contributed by atoms with Gasteiger partial charge in [-0.1, -0.05) is 11.6 Å². The van der Waals surface area contributed by atoms with E-state index in [1.807, 2.05) is 0 Å². The molecule has 7 heteroatoms. The van der Waals surface area contributed by atoms with Gasteiger partial charge in [0.2, 0.25) is 10.0 Å². The highest BCUT2D eigenvalue weighted by Gasteiger charge is 2.25. The molecule has 17 heavy (non-hydrogen) atoms. The molecule has 0 fully saturated rings. The molecule has 0 N–H and O–H groups in total. The summed E-state index contributed by atoms with van der Waals surface area (Å²) in [7, 11) is -0.509. The third kappa shape index (κ3) is 3.38. The van der Waals surface area contributed by atoms with Crippen LogP contribution < -0.4 is 0 Å². The molecule has 96 valence electrons. The maximum atomic E-state index is 12.1. The number of aromatic nitrogens is 1. The molecule has 0 saturated carbocycles. The molecule has 1 rings (SSSR count). The Morgan fingerprint density at radius 1 is 1.53 bits per heavy atom. The van der Waals surface area contributed by atoms with Crippen molar-refractivity contribution in [3.63, 3.8) is 0 Å². The third-order valence-corrected chi connectivity index (χ3v) is 4.58. The molecule has 0 radical (unpaired) electrons. The van der Waals surface area contributed by atoms with Crippen molar-refractivity contribution < 1.29 is 13.2 Å². The molecular formula is C10H15ClN2O3S. The maximum absolute atomic E-state index is 12.1. The largest absolute Gasteiger partial charge is 0.383 e. The van der Waals surface area contributed by atoms with Gasteiger partial charge in [0.05, 0.1) is 6.61 Å². The molecule has 1 aromatic rings. The van der Waals surface area contributed by atoms with Crippen LogP contribution in [0.3, 0.4) is 0 Å². The topological polar surface area (TPSA) is 59.5 Å². The molecular weight excluding hydrogens is 264 g/mol. The van der Waals surface area contributed by atoms with Gasteiger partial charge in [-0.25, -0.2) is 13.4 Å². The van der Waals surface area contributed by atoms with Crippen molar-refractivity contribution in [2.75, 3.05) is 20.8 Å². The predicted octanol–water partition coefficient (Wildman–Crippen LogP) is 1.39. The Bertz CT molecular complexity index is 461. The second-order valence-corrected chi connectivity index (χ2v) is 6.03. The Balaban J connectivity index is 2.98. The predicted molar refractivity (Wildman–Crippen MR) is 65.5 cm³/mol. The SMILES string of the molecule is COCC(C)N(C)S(=O)(=O)c1ccc(Cl)nc1. The van der Waals surface area contributed by atoms with E-state index in [4.69, 9.17) is 16.3 Å². The van der Waals surface area contributed by atoms with Gasteiger partial charge in [-0.3, -0.25) is 0 Å². The maximum Gasteiger partial charge on any atom is 0.244 e. The number of rotatable bonds is 5. The Morgan fingerprint density at radius 3 is 2.65 bits per heavy atom. The van der Waals surface area contributed by atoms with Crippen LogP contribution in [0, 0.1) is 0 Å². The smallest absolute Gasteiger partial charge is 0.244 e. The first-order valence-electron chi connectivity index (χ1n) is 4.98. The Kier molecular flexibility index (Phi) is 4.88. The van der Waals surface area contributed by atoms with Crippen LogP contribution in [0.5, 0.6) is 0 Å². The second kappa shape index (κ2) is 5.77. The van der Waals surface area contributed by atoms with Crippen LogP contribution in [0.2, 0.25) is 5.15 Å². The van der Waals surface area contributed by atoms with Crippen molar-refractivity contribution in [1.29, 1.82) is 0 Å². The summed E-state index contributed by atoms with van der Waals surface area (Å²) in [6.45, 7) is 2.10. The van der Waals surface area contributed by atoms with Crippen molar-refractivity contribution in [2.45, 2.75) is 17.9 Å². The fourth-order valence-electron chi connectivity index (χ4n) is 1.26. The number of sulfonamides is 1. The highest BCUT2D eigenvalue weighted by molar-refractivity contribution is 7.89. The number of hydrogen-bond donors (Lipinski definition) is 0. The summed E-state index contributed by atoms with van der Waals surface area (Å²) in [6, 6.07) is 2.63. The fourth-order valence-corrected chi connectivity index (χ4v) is 2.67. The van der Waals surface area contributed by atoms with Crippen LogP contribution in [0.4, 0.5) is 0 Å². The highest BCUT2D eigenvalue weighted by Crippen LogP contribution is 2.17. The van der Waals surface area contributed by atoms with Gasteiger partial charge in [-0.15, -0.1) is 0 Å². The molecule has 0 aliphatic heterocycles. The molecule has 0 spiro atoms. The van der Waals surface area contributed by atoms with E-state index in [2.05, 4.69) is 4.98 Å². The monoisotopic (exact) mass is 278 g/mol. The van der Waals surface area contributed by atoms with Crippen LogP contribution >= 0.6 is 11.6 Å². The van der Waals surface area contributed by atoms with Crippen LogP contribution in [0.1, 0.15) is 6.92 Å². The van der Waals surface area contributed by atoms with Gasteiger partial charge in [0.1, 0.15) is 10.0 Å². The van der Waals surface area contributed by atoms with Gasteiger partial charge in [0.15, 0.2) is 0 Å². The van der Waals surface area contributed by atoms with Crippen molar-refractivity contribution in [3.8, 4) is 0 Å². The number of nitrogens with zero attached hydrogens (tertiary/aromatic N) is 2. The lowest BCUT2D eigenvalue weighted by molar-refractivity contribution is 0.149. The zero-order chi connectivity index (χ0) is 13.1. The second-order valence-electron chi connectivity index (χ2n) is 3.64. The summed E-state index contributed by atoms with van der Waals surface area (Å²) in [5.41, 5.74) is 0.